The third-order valence-corrected chi connectivity index (χ3v) is 3.74. The van der Waals surface area contributed by atoms with Crippen molar-refractivity contribution in [3.8, 4) is 0 Å². The van der Waals surface area contributed by atoms with Crippen LogP contribution in [0.25, 0.3) is 0 Å². The van der Waals surface area contributed by atoms with Gasteiger partial charge in [0.2, 0.25) is 0 Å². The summed E-state index contributed by atoms with van der Waals surface area (Å²) < 4.78 is 0. The monoisotopic (exact) mass is 289 g/mol. The van der Waals surface area contributed by atoms with Crippen LogP contribution in [0.2, 0.25) is 0 Å². The molecular weight excluding hydrogens is 274 g/mol. The molecule has 104 valence electrons. The lowest BCUT2D eigenvalue weighted by Gasteiger charge is -2.11. The van der Waals surface area contributed by atoms with Crippen molar-refractivity contribution in [3.05, 3.63) is 75.3 Å². The first kappa shape index (κ1) is 14.5. The number of nitrogens with zero attached hydrogens (tertiary/aromatic N) is 1. The van der Waals surface area contributed by atoms with Crippen LogP contribution in [0.5, 0.6) is 0 Å². The minimum atomic E-state index is -0.362. The third kappa shape index (κ3) is 3.36. The lowest BCUT2D eigenvalue weighted by atomic mass is 10.0. The number of nitro benzene ring substituents is 1. The highest BCUT2D eigenvalue weighted by Gasteiger charge is 2.17. The lowest BCUT2D eigenvalue weighted by Crippen LogP contribution is -2.00. The van der Waals surface area contributed by atoms with E-state index >= 15 is 0 Å². The van der Waals surface area contributed by atoms with Gasteiger partial charge in [0, 0.05) is 11.6 Å². The van der Waals surface area contributed by atoms with Gasteiger partial charge < -0.3 is 0 Å². The van der Waals surface area contributed by atoms with E-state index in [0.717, 1.165) is 12.0 Å². The molecule has 1 atom stereocenters. The summed E-state index contributed by atoms with van der Waals surface area (Å²) in [5.74, 6) is 0. The second-order valence-electron chi connectivity index (χ2n) is 4.65. The molecule has 2 aromatic carbocycles. The number of benzene rings is 2. The average Bonchev–Trinajstić information content (AvgIpc) is 2.47. The maximum absolute atomic E-state index is 11.0. The molecule has 0 saturated carbocycles. The molecule has 0 aliphatic heterocycles. The summed E-state index contributed by atoms with van der Waals surface area (Å²) in [7, 11) is 0. The highest BCUT2D eigenvalue weighted by atomic mass is 35.5. The first-order valence-electron chi connectivity index (χ1n) is 6.57. The molecule has 0 aliphatic carbocycles. The average molecular weight is 290 g/mol. The second-order valence-corrected chi connectivity index (χ2v) is 5.18. The van der Waals surface area contributed by atoms with Gasteiger partial charge in [0.25, 0.3) is 5.69 Å². The molecule has 0 saturated heterocycles. The number of hydrogen-bond donors (Lipinski definition) is 0. The Morgan fingerprint density at radius 1 is 1.15 bits per heavy atom. The van der Waals surface area contributed by atoms with E-state index in [4.69, 9.17) is 11.6 Å². The second kappa shape index (κ2) is 6.53. The van der Waals surface area contributed by atoms with Crippen molar-refractivity contribution >= 4 is 17.3 Å². The van der Waals surface area contributed by atoms with Crippen LogP contribution in [0.3, 0.4) is 0 Å². The molecule has 0 N–H and O–H groups in total. The van der Waals surface area contributed by atoms with Gasteiger partial charge >= 0.3 is 0 Å². The van der Waals surface area contributed by atoms with Gasteiger partial charge in [0.1, 0.15) is 0 Å². The molecule has 0 aliphatic rings. The number of hydrogen-bond acceptors (Lipinski definition) is 2. The molecule has 4 heteroatoms. The third-order valence-electron chi connectivity index (χ3n) is 3.34. The summed E-state index contributed by atoms with van der Waals surface area (Å²) in [5.41, 5.74) is 3.03. The molecule has 1 unspecified atom stereocenters. The predicted molar refractivity (Wildman–Crippen MR) is 81.2 cm³/mol. The highest BCUT2D eigenvalue weighted by Crippen LogP contribution is 2.29. The van der Waals surface area contributed by atoms with E-state index in [9.17, 15) is 10.1 Å². The minimum absolute atomic E-state index is 0.128. The summed E-state index contributed by atoms with van der Waals surface area (Å²) in [6, 6.07) is 14.8. The molecule has 0 heterocycles. The van der Waals surface area contributed by atoms with Crippen molar-refractivity contribution in [2.45, 2.75) is 25.1 Å². The predicted octanol–water partition coefficient (Wildman–Crippen LogP) is 4.68. The summed E-state index contributed by atoms with van der Waals surface area (Å²) >= 11 is 6.39. The van der Waals surface area contributed by atoms with Gasteiger partial charge in [-0.05, 0) is 24.0 Å². The Morgan fingerprint density at radius 2 is 1.80 bits per heavy atom. The van der Waals surface area contributed by atoms with E-state index in [1.165, 1.54) is 11.6 Å². The van der Waals surface area contributed by atoms with E-state index < -0.39 is 0 Å². The minimum Gasteiger partial charge on any atom is -0.258 e. The van der Waals surface area contributed by atoms with Crippen LogP contribution < -0.4 is 0 Å². The maximum Gasteiger partial charge on any atom is 0.272 e. The SMILES string of the molecule is CCc1ccc(C(Cl)Cc2ccccc2[N+](=O)[O-])cc1. The standard InChI is InChI=1S/C16H16ClNO2/c1-2-12-7-9-13(10-8-12)15(17)11-14-5-3-4-6-16(14)18(19)20/h3-10,15H,2,11H2,1H3. The molecule has 3 nitrogen and oxygen atoms in total. The first-order chi connectivity index (χ1) is 9.61. The fourth-order valence-electron chi connectivity index (χ4n) is 2.13. The van der Waals surface area contributed by atoms with Crippen LogP contribution in [0.4, 0.5) is 5.69 Å². The molecule has 0 amide bonds. The van der Waals surface area contributed by atoms with Crippen LogP contribution in [0.15, 0.2) is 48.5 Å². The Kier molecular flexibility index (Phi) is 4.74. The molecular formula is C16H16ClNO2. The van der Waals surface area contributed by atoms with Gasteiger partial charge in [0.05, 0.1) is 10.3 Å². The van der Waals surface area contributed by atoms with Crippen molar-refractivity contribution in [1.29, 1.82) is 0 Å². The Morgan fingerprint density at radius 3 is 2.40 bits per heavy atom. The van der Waals surface area contributed by atoms with Gasteiger partial charge in [-0.25, -0.2) is 0 Å². The lowest BCUT2D eigenvalue weighted by molar-refractivity contribution is -0.385. The zero-order valence-electron chi connectivity index (χ0n) is 11.3. The smallest absolute Gasteiger partial charge is 0.258 e. The number of alkyl halides is 1. The number of aryl methyl sites for hydroxylation is 1. The summed E-state index contributed by atoms with van der Waals surface area (Å²) in [4.78, 5) is 10.6. The van der Waals surface area contributed by atoms with Crippen LogP contribution in [-0.4, -0.2) is 4.92 Å². The van der Waals surface area contributed by atoms with Crippen LogP contribution in [0, 0.1) is 10.1 Å². The zero-order valence-corrected chi connectivity index (χ0v) is 12.0. The summed E-state index contributed by atoms with van der Waals surface area (Å²) in [6.45, 7) is 2.10. The highest BCUT2D eigenvalue weighted by molar-refractivity contribution is 6.20. The molecule has 20 heavy (non-hydrogen) atoms. The fraction of sp³-hybridized carbons (Fsp3) is 0.250. The first-order valence-corrected chi connectivity index (χ1v) is 7.00. The van der Waals surface area contributed by atoms with E-state index in [1.807, 2.05) is 24.3 Å². The molecule has 0 bridgehead atoms. The van der Waals surface area contributed by atoms with Crippen molar-refractivity contribution < 1.29 is 4.92 Å². The van der Waals surface area contributed by atoms with Crippen LogP contribution in [0.1, 0.15) is 29.0 Å². The Labute approximate surface area is 123 Å². The van der Waals surface area contributed by atoms with E-state index in [0.29, 0.717) is 12.0 Å². The number of nitro groups is 1. The Balaban J connectivity index is 2.18. The molecule has 0 radical (unpaired) electrons. The fourth-order valence-corrected chi connectivity index (χ4v) is 2.45. The van der Waals surface area contributed by atoms with Gasteiger partial charge in [-0.3, -0.25) is 10.1 Å². The summed E-state index contributed by atoms with van der Waals surface area (Å²) in [6.07, 6.45) is 1.43. The largest absolute Gasteiger partial charge is 0.272 e. The molecule has 0 fully saturated rings. The van der Waals surface area contributed by atoms with Crippen molar-refractivity contribution in [2.24, 2.45) is 0 Å². The quantitative estimate of drug-likeness (QED) is 0.456. The van der Waals surface area contributed by atoms with E-state index in [-0.39, 0.29) is 16.0 Å². The van der Waals surface area contributed by atoms with E-state index in [2.05, 4.69) is 6.92 Å². The number of rotatable bonds is 5. The van der Waals surface area contributed by atoms with Gasteiger partial charge in [-0.15, -0.1) is 11.6 Å². The Hall–Kier alpha value is -1.87. The maximum atomic E-state index is 11.0. The molecule has 2 rings (SSSR count). The van der Waals surface area contributed by atoms with Gasteiger partial charge in [-0.1, -0.05) is 49.4 Å². The molecule has 0 spiro atoms. The normalized spacial score (nSPS) is 12.1. The Bertz CT molecular complexity index is 596. The molecule has 2 aromatic rings. The molecule has 0 aromatic heterocycles. The van der Waals surface area contributed by atoms with Gasteiger partial charge in [-0.2, -0.15) is 0 Å². The van der Waals surface area contributed by atoms with Crippen molar-refractivity contribution in [3.63, 3.8) is 0 Å². The van der Waals surface area contributed by atoms with Crippen LogP contribution >= 0.6 is 11.6 Å². The van der Waals surface area contributed by atoms with Crippen molar-refractivity contribution in [2.75, 3.05) is 0 Å². The number of halogens is 1. The summed E-state index contributed by atoms with van der Waals surface area (Å²) in [5, 5.41) is 10.7. The number of para-hydroxylation sites is 1. The zero-order chi connectivity index (χ0) is 14.5. The topological polar surface area (TPSA) is 43.1 Å². The van der Waals surface area contributed by atoms with Gasteiger partial charge in [0.15, 0.2) is 0 Å². The van der Waals surface area contributed by atoms with Crippen LogP contribution in [-0.2, 0) is 12.8 Å². The van der Waals surface area contributed by atoms with Crippen molar-refractivity contribution in [1.82, 2.24) is 0 Å². The van der Waals surface area contributed by atoms with E-state index in [1.54, 1.807) is 18.2 Å².